The predicted molar refractivity (Wildman–Crippen MR) is 142 cm³/mol. The number of halogens is 2. The van der Waals surface area contributed by atoms with Crippen LogP contribution in [0.25, 0.3) is 0 Å². The summed E-state index contributed by atoms with van der Waals surface area (Å²) in [7, 11) is 2.56. The third-order valence-electron chi connectivity index (χ3n) is 5.29. The number of carboxylic acids is 3. The van der Waals surface area contributed by atoms with Gasteiger partial charge in [0.15, 0.2) is 11.5 Å². The second-order valence-electron chi connectivity index (χ2n) is 8.01. The maximum absolute atomic E-state index is 12.0. The molecule has 0 bridgehead atoms. The fraction of sp³-hybridized carbons (Fsp3) is 0.360. The number of aromatic carboxylic acids is 2. The Morgan fingerprint density at radius 1 is 0.775 bits per heavy atom. The molecule has 218 valence electrons. The van der Waals surface area contributed by atoms with E-state index >= 15 is 0 Å². The third-order valence-corrected chi connectivity index (χ3v) is 5.86. The summed E-state index contributed by atoms with van der Waals surface area (Å²) in [5, 5.41) is 33.7. The average Bonchev–Trinajstić information content (AvgIpc) is 2.89. The van der Waals surface area contributed by atoms with E-state index in [1.54, 1.807) is 0 Å². The molecule has 5 N–H and O–H groups in total. The van der Waals surface area contributed by atoms with Gasteiger partial charge in [-0.25, -0.2) is 14.4 Å². The number of aliphatic carboxylic acids is 1. The largest absolute Gasteiger partial charge is 0.494 e. The first kappa shape index (κ1) is 32.6. The first-order valence-electron chi connectivity index (χ1n) is 11.6. The number of rotatable bonds is 17. The van der Waals surface area contributed by atoms with Crippen molar-refractivity contribution in [3.05, 3.63) is 56.6 Å². The van der Waals surface area contributed by atoms with Crippen LogP contribution in [0.4, 0.5) is 0 Å². The summed E-state index contributed by atoms with van der Waals surface area (Å²) < 4.78 is 20.2. The standard InChI is InChI=1S/C25H28Cl2N2O11/c1-37-22-15(24(33)34)7-13(9-17(22)26)21(14-8-16(25(35)36)23(38-2)18(27)10-14)29-4-3-28-19(30)11-39-5-6-40-12-20(31)32/h7-10,21,29H,3-6,11-12H2,1-2H3,(H,28,30)(H,31,32)(H,33,34)(H,35,36). The molecule has 0 aromatic heterocycles. The number of hydrogen-bond acceptors (Lipinski definition) is 9. The van der Waals surface area contributed by atoms with Crippen LogP contribution < -0.4 is 20.1 Å². The van der Waals surface area contributed by atoms with Crippen molar-refractivity contribution in [2.75, 3.05) is 53.7 Å². The number of benzene rings is 2. The van der Waals surface area contributed by atoms with Crippen LogP contribution >= 0.6 is 23.2 Å². The molecule has 2 rings (SSSR count). The fourth-order valence-corrected chi connectivity index (χ4v) is 4.24. The third kappa shape index (κ3) is 9.24. The Morgan fingerprint density at radius 2 is 1.25 bits per heavy atom. The summed E-state index contributed by atoms with van der Waals surface area (Å²) in [6.07, 6.45) is 0. The number of amides is 1. The van der Waals surface area contributed by atoms with Crippen LogP contribution in [0, 0.1) is 0 Å². The van der Waals surface area contributed by atoms with Gasteiger partial charge in [0.25, 0.3) is 0 Å². The molecule has 13 nitrogen and oxygen atoms in total. The molecule has 0 radical (unpaired) electrons. The fourth-order valence-electron chi connectivity index (χ4n) is 3.63. The summed E-state index contributed by atoms with van der Waals surface area (Å²) in [4.78, 5) is 46.2. The molecule has 0 atom stereocenters. The van der Waals surface area contributed by atoms with Crippen LogP contribution in [-0.4, -0.2) is 92.9 Å². The monoisotopic (exact) mass is 602 g/mol. The van der Waals surface area contributed by atoms with E-state index in [1.165, 1.54) is 38.5 Å². The van der Waals surface area contributed by atoms with Crippen molar-refractivity contribution in [1.82, 2.24) is 10.6 Å². The van der Waals surface area contributed by atoms with E-state index in [4.69, 9.17) is 47.3 Å². The molecule has 0 saturated heterocycles. The van der Waals surface area contributed by atoms with Crippen LogP contribution in [0.5, 0.6) is 11.5 Å². The summed E-state index contributed by atoms with van der Waals surface area (Å²) in [5.74, 6) is -4.24. The summed E-state index contributed by atoms with van der Waals surface area (Å²) >= 11 is 12.6. The molecular formula is C25H28Cl2N2O11. The van der Waals surface area contributed by atoms with E-state index in [2.05, 4.69) is 10.6 Å². The smallest absolute Gasteiger partial charge is 0.339 e. The number of carboxylic acid groups (broad SMARTS) is 3. The molecule has 0 aliphatic heterocycles. The predicted octanol–water partition coefficient (Wildman–Crippen LogP) is 2.32. The van der Waals surface area contributed by atoms with Gasteiger partial charge in [0, 0.05) is 13.1 Å². The molecule has 0 aliphatic carbocycles. The van der Waals surface area contributed by atoms with E-state index in [-0.39, 0.29) is 65.6 Å². The van der Waals surface area contributed by atoms with E-state index in [0.29, 0.717) is 11.1 Å². The molecule has 0 fully saturated rings. The van der Waals surface area contributed by atoms with Gasteiger partial charge in [0.05, 0.1) is 43.5 Å². The van der Waals surface area contributed by atoms with Gasteiger partial charge in [-0.1, -0.05) is 23.2 Å². The minimum Gasteiger partial charge on any atom is -0.494 e. The van der Waals surface area contributed by atoms with Crippen LogP contribution in [0.3, 0.4) is 0 Å². The second kappa shape index (κ2) is 15.8. The van der Waals surface area contributed by atoms with Crippen LogP contribution in [0.2, 0.25) is 10.0 Å². The number of ether oxygens (including phenoxy) is 4. The van der Waals surface area contributed by atoms with Gasteiger partial charge in [-0.3, -0.25) is 4.79 Å². The minimum atomic E-state index is -1.29. The van der Waals surface area contributed by atoms with Crippen LogP contribution in [0.15, 0.2) is 24.3 Å². The van der Waals surface area contributed by atoms with E-state index in [0.717, 1.165) is 0 Å². The van der Waals surface area contributed by atoms with Gasteiger partial charge in [0.1, 0.15) is 24.3 Å². The van der Waals surface area contributed by atoms with E-state index < -0.39 is 36.5 Å². The molecule has 15 heteroatoms. The number of carbonyl (C=O) groups is 4. The molecule has 0 spiro atoms. The molecule has 0 aliphatic rings. The lowest BCUT2D eigenvalue weighted by Gasteiger charge is -2.23. The highest BCUT2D eigenvalue weighted by Crippen LogP contribution is 2.37. The van der Waals surface area contributed by atoms with E-state index in [9.17, 15) is 29.4 Å². The highest BCUT2D eigenvalue weighted by Gasteiger charge is 2.25. The molecule has 1 amide bonds. The molecule has 2 aromatic carbocycles. The SMILES string of the molecule is COc1c(Cl)cc(C(NCCNC(=O)COCCOCC(=O)O)c2cc(Cl)c(OC)c(C(=O)O)c2)cc1C(=O)O. The van der Waals surface area contributed by atoms with Crippen molar-refractivity contribution in [2.24, 2.45) is 0 Å². The quantitative estimate of drug-likeness (QED) is 0.166. The average molecular weight is 603 g/mol. The van der Waals surface area contributed by atoms with Gasteiger partial charge in [-0.05, 0) is 35.4 Å². The summed E-state index contributed by atoms with van der Waals surface area (Å²) in [6.45, 7) is -0.464. The molecule has 0 unspecified atom stereocenters. The van der Waals surface area contributed by atoms with Crippen molar-refractivity contribution in [3.8, 4) is 11.5 Å². The first-order chi connectivity index (χ1) is 19.0. The zero-order chi connectivity index (χ0) is 29.8. The summed E-state index contributed by atoms with van der Waals surface area (Å²) in [5.41, 5.74) is 0.286. The molecular weight excluding hydrogens is 575 g/mol. The normalized spacial score (nSPS) is 10.8. The Balaban J connectivity index is 2.23. The van der Waals surface area contributed by atoms with Crippen molar-refractivity contribution >= 4 is 47.0 Å². The lowest BCUT2D eigenvalue weighted by Crippen LogP contribution is -2.36. The topological polar surface area (TPSA) is 190 Å². The molecule has 2 aromatic rings. The Morgan fingerprint density at radius 3 is 1.68 bits per heavy atom. The maximum atomic E-state index is 12.0. The lowest BCUT2D eigenvalue weighted by atomic mass is 9.94. The highest BCUT2D eigenvalue weighted by atomic mass is 35.5. The van der Waals surface area contributed by atoms with Crippen molar-refractivity contribution in [2.45, 2.75) is 6.04 Å². The van der Waals surface area contributed by atoms with Gasteiger partial charge in [0.2, 0.25) is 5.91 Å². The summed E-state index contributed by atoms with van der Waals surface area (Å²) in [6, 6.07) is 4.80. The van der Waals surface area contributed by atoms with Crippen LogP contribution in [0.1, 0.15) is 37.9 Å². The van der Waals surface area contributed by atoms with Crippen molar-refractivity contribution < 1.29 is 53.4 Å². The first-order valence-corrected chi connectivity index (χ1v) is 12.3. The van der Waals surface area contributed by atoms with Gasteiger partial charge in [-0.15, -0.1) is 0 Å². The minimum absolute atomic E-state index is 0.00825. The Hall–Kier alpha value is -3.62. The number of nitrogens with one attached hydrogen (secondary N) is 2. The van der Waals surface area contributed by atoms with Crippen LogP contribution in [-0.2, 0) is 19.1 Å². The highest BCUT2D eigenvalue weighted by molar-refractivity contribution is 6.33. The number of methoxy groups -OCH3 is 2. The van der Waals surface area contributed by atoms with Crippen molar-refractivity contribution in [1.29, 1.82) is 0 Å². The molecule has 0 heterocycles. The zero-order valence-corrected chi connectivity index (χ0v) is 23.0. The molecule has 40 heavy (non-hydrogen) atoms. The molecule has 0 saturated carbocycles. The Bertz CT molecular complexity index is 1170. The van der Waals surface area contributed by atoms with Gasteiger partial charge >= 0.3 is 17.9 Å². The Labute approximate surface area is 238 Å². The lowest BCUT2D eigenvalue weighted by molar-refractivity contribution is -0.143. The zero-order valence-electron chi connectivity index (χ0n) is 21.5. The number of carbonyl (C=O) groups excluding carboxylic acids is 1. The number of hydrogen-bond donors (Lipinski definition) is 5. The Kier molecular flexibility index (Phi) is 12.9. The van der Waals surface area contributed by atoms with Crippen molar-refractivity contribution in [3.63, 3.8) is 0 Å². The second-order valence-corrected chi connectivity index (χ2v) is 8.83. The maximum Gasteiger partial charge on any atom is 0.339 e. The van der Waals surface area contributed by atoms with Gasteiger partial charge in [-0.2, -0.15) is 0 Å². The van der Waals surface area contributed by atoms with Gasteiger partial charge < -0.3 is 44.9 Å². The van der Waals surface area contributed by atoms with E-state index in [1.807, 2.05) is 0 Å².